The van der Waals surface area contributed by atoms with E-state index in [9.17, 15) is 13.2 Å². The van der Waals surface area contributed by atoms with Gasteiger partial charge in [-0.15, -0.1) is 12.4 Å². The summed E-state index contributed by atoms with van der Waals surface area (Å²) in [4.78, 5) is 14.5. The Bertz CT molecular complexity index is 611. The van der Waals surface area contributed by atoms with Gasteiger partial charge in [0.15, 0.2) is 9.84 Å². The van der Waals surface area contributed by atoms with Gasteiger partial charge in [-0.2, -0.15) is 0 Å². The Kier molecular flexibility index (Phi) is 6.84. The molecular weight excluding hydrogens is 324 g/mol. The third-order valence-corrected chi connectivity index (χ3v) is 5.01. The number of nitrogens with one attached hydrogen (secondary N) is 1. The number of benzene rings is 1. The molecule has 0 radical (unpaired) electrons. The number of rotatable bonds is 4. The van der Waals surface area contributed by atoms with Crippen molar-refractivity contribution in [2.45, 2.75) is 17.7 Å². The topological polar surface area (TPSA) is 66.5 Å². The first-order valence-electron chi connectivity index (χ1n) is 7.16. The Balaban J connectivity index is 0.00000242. The molecule has 1 amide bonds. The fourth-order valence-electron chi connectivity index (χ4n) is 2.67. The summed E-state index contributed by atoms with van der Waals surface area (Å²) in [6, 6.07) is 6.29. The van der Waals surface area contributed by atoms with Gasteiger partial charge in [0.2, 0.25) is 0 Å². The van der Waals surface area contributed by atoms with Gasteiger partial charge in [-0.25, -0.2) is 8.42 Å². The predicted molar refractivity (Wildman–Crippen MR) is 89.4 cm³/mol. The standard InChI is InChI=1S/C15H22N2O3S.ClH/c1-16-11-12-6-8-17(9-7-12)15(18)13-4-3-5-14(10-13)21(2,19)20;/h3-5,10,12,16H,6-9,11H2,1-2H3;1H. The second kappa shape index (κ2) is 7.94. The highest BCUT2D eigenvalue weighted by Crippen LogP contribution is 2.19. The van der Waals surface area contributed by atoms with E-state index >= 15 is 0 Å². The Morgan fingerprint density at radius 2 is 1.95 bits per heavy atom. The van der Waals surface area contributed by atoms with Crippen LogP contribution in [0.25, 0.3) is 0 Å². The zero-order valence-electron chi connectivity index (χ0n) is 12.9. The third-order valence-electron chi connectivity index (χ3n) is 3.90. The summed E-state index contributed by atoms with van der Waals surface area (Å²) < 4.78 is 23.1. The maximum atomic E-state index is 12.5. The first kappa shape index (κ1) is 18.9. The molecule has 124 valence electrons. The number of sulfone groups is 1. The predicted octanol–water partition coefficient (Wildman–Crippen LogP) is 1.58. The molecule has 0 bridgehead atoms. The zero-order chi connectivity index (χ0) is 15.5. The molecule has 1 aliphatic rings. The van der Waals surface area contributed by atoms with Crippen molar-refractivity contribution >= 4 is 28.2 Å². The molecule has 0 aromatic heterocycles. The van der Waals surface area contributed by atoms with Crippen LogP contribution in [0.4, 0.5) is 0 Å². The summed E-state index contributed by atoms with van der Waals surface area (Å²) in [6.07, 6.45) is 3.12. The van der Waals surface area contributed by atoms with Crippen molar-refractivity contribution in [1.29, 1.82) is 0 Å². The van der Waals surface area contributed by atoms with E-state index in [1.165, 1.54) is 12.1 Å². The quantitative estimate of drug-likeness (QED) is 0.899. The van der Waals surface area contributed by atoms with Gasteiger partial charge < -0.3 is 10.2 Å². The first-order chi connectivity index (χ1) is 9.91. The molecule has 5 nitrogen and oxygen atoms in total. The normalized spacial score (nSPS) is 16.2. The summed E-state index contributed by atoms with van der Waals surface area (Å²) in [6.45, 7) is 2.44. The molecule has 7 heteroatoms. The lowest BCUT2D eigenvalue weighted by molar-refractivity contribution is 0.0690. The van der Waals surface area contributed by atoms with Crippen LogP contribution in [0.1, 0.15) is 23.2 Å². The van der Waals surface area contributed by atoms with Crippen molar-refractivity contribution in [3.8, 4) is 0 Å². The highest BCUT2D eigenvalue weighted by Gasteiger charge is 2.23. The molecule has 2 rings (SSSR count). The summed E-state index contributed by atoms with van der Waals surface area (Å²) in [5, 5.41) is 3.17. The average molecular weight is 347 g/mol. The highest BCUT2D eigenvalue weighted by atomic mass is 35.5. The van der Waals surface area contributed by atoms with Gasteiger partial charge in [-0.1, -0.05) is 6.07 Å². The van der Waals surface area contributed by atoms with Crippen molar-refractivity contribution in [2.24, 2.45) is 5.92 Å². The number of halogens is 1. The van der Waals surface area contributed by atoms with Gasteiger partial charge in [-0.05, 0) is 50.6 Å². The van der Waals surface area contributed by atoms with Crippen molar-refractivity contribution < 1.29 is 13.2 Å². The number of piperidine rings is 1. The fraction of sp³-hybridized carbons (Fsp3) is 0.533. The minimum absolute atomic E-state index is 0. The van der Waals surface area contributed by atoms with Crippen molar-refractivity contribution in [2.75, 3.05) is 32.9 Å². The Morgan fingerprint density at radius 1 is 1.32 bits per heavy atom. The highest BCUT2D eigenvalue weighted by molar-refractivity contribution is 7.90. The van der Waals surface area contributed by atoms with Crippen LogP contribution in [0.15, 0.2) is 29.2 Å². The monoisotopic (exact) mass is 346 g/mol. The third kappa shape index (κ3) is 4.69. The van der Waals surface area contributed by atoms with E-state index in [0.29, 0.717) is 11.5 Å². The molecule has 0 saturated carbocycles. The molecule has 1 heterocycles. The van der Waals surface area contributed by atoms with Gasteiger partial charge in [0.1, 0.15) is 0 Å². The van der Waals surface area contributed by atoms with Crippen LogP contribution in [0, 0.1) is 5.92 Å². The number of amides is 1. The average Bonchev–Trinajstić information content (AvgIpc) is 2.47. The molecule has 1 fully saturated rings. The number of hydrogen-bond donors (Lipinski definition) is 1. The molecule has 0 atom stereocenters. The van der Waals surface area contributed by atoms with E-state index < -0.39 is 9.84 Å². The SMILES string of the molecule is CNCC1CCN(C(=O)c2cccc(S(C)(=O)=O)c2)CC1.Cl. The van der Waals surface area contributed by atoms with E-state index in [4.69, 9.17) is 0 Å². The number of nitrogens with zero attached hydrogens (tertiary/aromatic N) is 1. The molecule has 1 N–H and O–H groups in total. The maximum absolute atomic E-state index is 12.5. The van der Waals surface area contributed by atoms with Crippen LogP contribution in [-0.4, -0.2) is 52.2 Å². The summed E-state index contributed by atoms with van der Waals surface area (Å²) in [5.74, 6) is 0.532. The van der Waals surface area contributed by atoms with Crippen LogP contribution < -0.4 is 5.32 Å². The molecule has 1 aromatic rings. The van der Waals surface area contributed by atoms with Gasteiger partial charge >= 0.3 is 0 Å². The Morgan fingerprint density at radius 3 is 2.50 bits per heavy atom. The zero-order valence-corrected chi connectivity index (χ0v) is 14.5. The molecule has 1 saturated heterocycles. The van der Waals surface area contributed by atoms with Crippen LogP contribution in [-0.2, 0) is 9.84 Å². The van der Waals surface area contributed by atoms with Crippen LogP contribution in [0.3, 0.4) is 0 Å². The molecule has 0 spiro atoms. The summed E-state index contributed by atoms with van der Waals surface area (Å²) in [7, 11) is -1.35. The summed E-state index contributed by atoms with van der Waals surface area (Å²) in [5.41, 5.74) is 0.449. The van der Waals surface area contributed by atoms with Crippen LogP contribution in [0.5, 0.6) is 0 Å². The molecule has 1 aliphatic heterocycles. The molecule has 0 aliphatic carbocycles. The lowest BCUT2D eigenvalue weighted by atomic mass is 9.96. The lowest BCUT2D eigenvalue weighted by Gasteiger charge is -2.32. The van der Waals surface area contributed by atoms with E-state index in [0.717, 1.165) is 38.7 Å². The molecule has 0 unspecified atom stereocenters. The smallest absolute Gasteiger partial charge is 0.253 e. The number of likely N-dealkylation sites (tertiary alicyclic amines) is 1. The second-order valence-electron chi connectivity index (χ2n) is 5.59. The van der Waals surface area contributed by atoms with Crippen molar-refractivity contribution in [3.05, 3.63) is 29.8 Å². The number of carbonyl (C=O) groups excluding carboxylic acids is 1. The van der Waals surface area contributed by atoms with E-state index in [-0.39, 0.29) is 23.2 Å². The second-order valence-corrected chi connectivity index (χ2v) is 7.61. The van der Waals surface area contributed by atoms with E-state index in [2.05, 4.69) is 5.32 Å². The van der Waals surface area contributed by atoms with Crippen LogP contribution >= 0.6 is 12.4 Å². The van der Waals surface area contributed by atoms with Gasteiger partial charge in [0, 0.05) is 24.9 Å². The first-order valence-corrected chi connectivity index (χ1v) is 9.05. The minimum Gasteiger partial charge on any atom is -0.339 e. The fourth-order valence-corrected chi connectivity index (χ4v) is 3.34. The van der Waals surface area contributed by atoms with E-state index in [1.54, 1.807) is 12.1 Å². The van der Waals surface area contributed by atoms with E-state index in [1.807, 2.05) is 11.9 Å². The van der Waals surface area contributed by atoms with Gasteiger partial charge in [0.25, 0.3) is 5.91 Å². The summed E-state index contributed by atoms with van der Waals surface area (Å²) >= 11 is 0. The van der Waals surface area contributed by atoms with Crippen molar-refractivity contribution in [3.63, 3.8) is 0 Å². The van der Waals surface area contributed by atoms with Gasteiger partial charge in [-0.3, -0.25) is 4.79 Å². The lowest BCUT2D eigenvalue weighted by Crippen LogP contribution is -2.40. The molecule has 22 heavy (non-hydrogen) atoms. The van der Waals surface area contributed by atoms with Gasteiger partial charge in [0.05, 0.1) is 4.90 Å². The van der Waals surface area contributed by atoms with Crippen molar-refractivity contribution in [1.82, 2.24) is 10.2 Å². The number of carbonyl (C=O) groups is 1. The largest absolute Gasteiger partial charge is 0.339 e. The molecule has 1 aromatic carbocycles. The minimum atomic E-state index is -3.28. The number of hydrogen-bond acceptors (Lipinski definition) is 4. The Hall–Kier alpha value is -1.11. The van der Waals surface area contributed by atoms with Crippen LogP contribution in [0.2, 0.25) is 0 Å². The Labute approximate surface area is 138 Å². The maximum Gasteiger partial charge on any atom is 0.253 e. The molecular formula is C15H23ClN2O3S.